The van der Waals surface area contributed by atoms with E-state index in [9.17, 15) is 4.79 Å². The smallest absolute Gasteiger partial charge is 0.166 e. The highest BCUT2D eigenvalue weighted by molar-refractivity contribution is 5.71. The molecule has 126 valence electrons. The Morgan fingerprint density at radius 1 is 0.773 bits per heavy atom. The molecule has 0 aliphatic heterocycles. The Balaban J connectivity index is 1.79. The summed E-state index contributed by atoms with van der Waals surface area (Å²) < 4.78 is 0. The Hall–Kier alpha value is -1.05. The van der Waals surface area contributed by atoms with E-state index in [4.69, 9.17) is 0 Å². The van der Waals surface area contributed by atoms with Gasteiger partial charge in [-0.25, -0.2) is 0 Å². The van der Waals surface area contributed by atoms with Gasteiger partial charge in [-0.15, -0.1) is 0 Å². The number of hydrogen-bond donors (Lipinski definition) is 1. The zero-order valence-corrected chi connectivity index (χ0v) is 14.5. The Morgan fingerprint density at radius 3 is 1.73 bits per heavy atom. The fourth-order valence-electron chi connectivity index (χ4n) is 3.01. The lowest BCUT2D eigenvalue weighted by molar-refractivity contribution is 0.111. The predicted molar refractivity (Wildman–Crippen MR) is 95.6 cm³/mol. The fourth-order valence-corrected chi connectivity index (χ4v) is 3.01. The summed E-state index contributed by atoms with van der Waals surface area (Å²) in [6, 6.07) is 3.90. The molecule has 0 atom stereocenters. The minimum absolute atomic E-state index is 0.699. The summed E-state index contributed by atoms with van der Waals surface area (Å²) in [7, 11) is 0. The monoisotopic (exact) mass is 305 g/mol. The van der Waals surface area contributed by atoms with E-state index in [1.54, 1.807) is 0 Å². The van der Waals surface area contributed by atoms with Crippen LogP contribution >= 0.6 is 0 Å². The van der Waals surface area contributed by atoms with E-state index in [0.717, 1.165) is 12.7 Å². The number of nitrogens with one attached hydrogen (secondary N) is 1. The first-order chi connectivity index (χ1) is 10.9. The van der Waals surface area contributed by atoms with Gasteiger partial charge < -0.3 is 4.98 Å². The molecule has 2 nitrogen and oxygen atoms in total. The molecule has 0 fully saturated rings. The molecule has 0 spiro atoms. The topological polar surface area (TPSA) is 32.9 Å². The number of hydrogen-bond acceptors (Lipinski definition) is 1. The van der Waals surface area contributed by atoms with Crippen molar-refractivity contribution in [2.45, 2.75) is 96.8 Å². The van der Waals surface area contributed by atoms with Crippen molar-refractivity contribution in [3.63, 3.8) is 0 Å². The highest BCUT2D eigenvalue weighted by Gasteiger charge is 1.98. The van der Waals surface area contributed by atoms with Gasteiger partial charge in [-0.2, -0.15) is 0 Å². The summed E-state index contributed by atoms with van der Waals surface area (Å²) in [5.41, 5.74) is 1.90. The number of unbranched alkanes of at least 4 members (excludes halogenated alkanes) is 12. The van der Waals surface area contributed by atoms with Crippen LogP contribution in [0.5, 0.6) is 0 Å². The first kappa shape index (κ1) is 19.0. The lowest BCUT2D eigenvalue weighted by atomic mass is 10.0. The number of aldehydes is 1. The van der Waals surface area contributed by atoms with Crippen LogP contribution in [-0.4, -0.2) is 11.3 Å². The van der Waals surface area contributed by atoms with Crippen LogP contribution in [0.15, 0.2) is 12.1 Å². The summed E-state index contributed by atoms with van der Waals surface area (Å²) in [5, 5.41) is 0. The van der Waals surface area contributed by atoms with Crippen molar-refractivity contribution in [3.05, 3.63) is 23.5 Å². The van der Waals surface area contributed by atoms with Crippen molar-refractivity contribution in [3.8, 4) is 0 Å². The number of carbonyl (C=O) groups is 1. The predicted octanol–water partition coefficient (Wildman–Crippen LogP) is 6.46. The summed E-state index contributed by atoms with van der Waals surface area (Å²) >= 11 is 0. The number of rotatable bonds is 15. The maximum Gasteiger partial charge on any atom is 0.166 e. The summed E-state index contributed by atoms with van der Waals surface area (Å²) in [5.74, 6) is 0. The third kappa shape index (κ3) is 9.81. The molecule has 1 N–H and O–H groups in total. The van der Waals surface area contributed by atoms with Crippen LogP contribution < -0.4 is 0 Å². The molecule has 0 saturated carbocycles. The van der Waals surface area contributed by atoms with Crippen molar-refractivity contribution in [1.29, 1.82) is 0 Å². The van der Waals surface area contributed by atoms with E-state index in [1.807, 2.05) is 12.1 Å². The van der Waals surface area contributed by atoms with Crippen LogP contribution in [0.4, 0.5) is 0 Å². The molecule has 0 saturated heterocycles. The molecule has 0 aromatic carbocycles. The van der Waals surface area contributed by atoms with E-state index in [1.165, 1.54) is 89.2 Å². The van der Waals surface area contributed by atoms with E-state index >= 15 is 0 Å². The second-order valence-electron chi connectivity index (χ2n) is 6.55. The second-order valence-corrected chi connectivity index (χ2v) is 6.55. The van der Waals surface area contributed by atoms with E-state index in [-0.39, 0.29) is 0 Å². The maximum absolute atomic E-state index is 10.6. The third-order valence-electron chi connectivity index (χ3n) is 4.45. The van der Waals surface area contributed by atoms with E-state index in [2.05, 4.69) is 11.9 Å². The normalized spacial score (nSPS) is 11.0. The summed E-state index contributed by atoms with van der Waals surface area (Å²) in [6.07, 6.45) is 20.0. The molecule has 0 aliphatic carbocycles. The molecular weight excluding hydrogens is 270 g/mol. The lowest BCUT2D eigenvalue weighted by Crippen LogP contribution is -1.88. The molecule has 0 unspecified atom stereocenters. The number of carbonyl (C=O) groups excluding carboxylic acids is 1. The second kappa shape index (κ2) is 13.6. The van der Waals surface area contributed by atoms with Gasteiger partial charge in [-0.3, -0.25) is 4.79 Å². The molecule has 1 aromatic heterocycles. The first-order valence-electron chi connectivity index (χ1n) is 9.50. The number of aromatic amines is 1. The van der Waals surface area contributed by atoms with E-state index < -0.39 is 0 Å². The van der Waals surface area contributed by atoms with Crippen molar-refractivity contribution in [2.24, 2.45) is 0 Å². The van der Waals surface area contributed by atoms with Crippen LogP contribution in [0.1, 0.15) is 107 Å². The Bertz CT molecular complexity index is 370. The van der Waals surface area contributed by atoms with Gasteiger partial charge in [0.1, 0.15) is 0 Å². The minimum Gasteiger partial charge on any atom is -0.356 e. The van der Waals surface area contributed by atoms with Crippen LogP contribution in [0, 0.1) is 0 Å². The average Bonchev–Trinajstić information content (AvgIpc) is 3.00. The molecule has 0 bridgehead atoms. The molecule has 0 radical (unpaired) electrons. The quantitative estimate of drug-likeness (QED) is 0.293. The van der Waals surface area contributed by atoms with Crippen LogP contribution in [0.25, 0.3) is 0 Å². The van der Waals surface area contributed by atoms with E-state index in [0.29, 0.717) is 5.69 Å². The van der Waals surface area contributed by atoms with Gasteiger partial charge in [0.05, 0.1) is 5.69 Å². The zero-order valence-electron chi connectivity index (χ0n) is 14.5. The fraction of sp³-hybridized carbons (Fsp3) is 0.750. The maximum atomic E-state index is 10.6. The highest BCUT2D eigenvalue weighted by atomic mass is 16.1. The molecular formula is C20H35NO. The van der Waals surface area contributed by atoms with Gasteiger partial charge in [-0.05, 0) is 25.0 Å². The standard InChI is InChI=1S/C20H35NO/c1-2-3-4-5-6-7-8-9-10-11-12-13-14-15-19-16-17-20(18-22)21-19/h16-18,21H,2-15H2,1H3. The van der Waals surface area contributed by atoms with Crippen molar-refractivity contribution < 1.29 is 4.79 Å². The van der Waals surface area contributed by atoms with Gasteiger partial charge in [-0.1, -0.05) is 84.0 Å². The molecule has 0 amide bonds. The number of aryl methyl sites for hydroxylation is 1. The van der Waals surface area contributed by atoms with Gasteiger partial charge in [0.15, 0.2) is 6.29 Å². The largest absolute Gasteiger partial charge is 0.356 e. The molecule has 0 aliphatic rings. The van der Waals surface area contributed by atoms with Crippen LogP contribution in [0.2, 0.25) is 0 Å². The minimum atomic E-state index is 0.699. The van der Waals surface area contributed by atoms with Crippen LogP contribution in [-0.2, 0) is 6.42 Å². The molecule has 1 rings (SSSR count). The Morgan fingerprint density at radius 2 is 1.27 bits per heavy atom. The zero-order chi connectivity index (χ0) is 15.9. The van der Waals surface area contributed by atoms with Crippen molar-refractivity contribution in [2.75, 3.05) is 0 Å². The summed E-state index contributed by atoms with van der Waals surface area (Å²) in [4.78, 5) is 13.7. The first-order valence-corrected chi connectivity index (χ1v) is 9.50. The molecule has 22 heavy (non-hydrogen) atoms. The Labute approximate surface area is 137 Å². The molecule has 2 heteroatoms. The Kier molecular flexibility index (Phi) is 11.7. The van der Waals surface area contributed by atoms with Crippen molar-refractivity contribution >= 4 is 6.29 Å². The molecule has 1 heterocycles. The van der Waals surface area contributed by atoms with Gasteiger partial charge >= 0.3 is 0 Å². The molecule has 1 aromatic rings. The average molecular weight is 306 g/mol. The number of aromatic nitrogens is 1. The van der Waals surface area contributed by atoms with Gasteiger partial charge in [0, 0.05) is 5.69 Å². The number of H-pyrrole nitrogens is 1. The van der Waals surface area contributed by atoms with Gasteiger partial charge in [0.25, 0.3) is 0 Å². The summed E-state index contributed by atoms with van der Waals surface area (Å²) in [6.45, 7) is 2.28. The van der Waals surface area contributed by atoms with Crippen LogP contribution in [0.3, 0.4) is 0 Å². The highest BCUT2D eigenvalue weighted by Crippen LogP contribution is 2.13. The lowest BCUT2D eigenvalue weighted by Gasteiger charge is -2.03. The van der Waals surface area contributed by atoms with Crippen molar-refractivity contribution in [1.82, 2.24) is 4.98 Å². The third-order valence-corrected chi connectivity index (χ3v) is 4.45. The SMILES string of the molecule is CCCCCCCCCCCCCCCc1ccc(C=O)[nH]1. The van der Waals surface area contributed by atoms with Gasteiger partial charge in [0.2, 0.25) is 0 Å².